The highest BCUT2D eigenvalue weighted by Crippen LogP contribution is 2.35. The van der Waals surface area contributed by atoms with Gasteiger partial charge in [-0.25, -0.2) is 4.39 Å². The van der Waals surface area contributed by atoms with Crippen LogP contribution in [-0.4, -0.2) is 31.1 Å². The largest absolute Gasteiger partial charge is 0.485 e. The molecule has 2 N–H and O–H groups in total. The van der Waals surface area contributed by atoms with Gasteiger partial charge in [-0.1, -0.05) is 36.4 Å². The lowest BCUT2D eigenvalue weighted by molar-refractivity contribution is 0.0774. The first kappa shape index (κ1) is 16.9. The Morgan fingerprint density at radius 1 is 1.08 bits per heavy atom. The summed E-state index contributed by atoms with van der Waals surface area (Å²) >= 11 is 0. The number of rotatable bonds is 6. The van der Waals surface area contributed by atoms with E-state index >= 15 is 0 Å². The first-order valence-electron chi connectivity index (χ1n) is 8.66. The van der Waals surface area contributed by atoms with Gasteiger partial charge in [0.25, 0.3) is 0 Å². The van der Waals surface area contributed by atoms with E-state index in [0.29, 0.717) is 18.2 Å². The molecule has 4 heteroatoms. The van der Waals surface area contributed by atoms with Crippen LogP contribution < -0.4 is 10.5 Å². The molecule has 1 aliphatic rings. The Labute approximate surface area is 143 Å². The molecule has 1 heterocycles. The lowest BCUT2D eigenvalue weighted by Gasteiger charge is -2.36. The average molecular weight is 328 g/mol. The fourth-order valence-electron chi connectivity index (χ4n) is 3.43. The summed E-state index contributed by atoms with van der Waals surface area (Å²) in [6.45, 7) is 3.73. The van der Waals surface area contributed by atoms with E-state index in [1.807, 2.05) is 24.3 Å². The van der Waals surface area contributed by atoms with Gasteiger partial charge >= 0.3 is 0 Å². The van der Waals surface area contributed by atoms with Crippen molar-refractivity contribution < 1.29 is 9.13 Å². The number of nitrogens with two attached hydrogens (primary N) is 1. The molecule has 128 valence electrons. The number of hydrogen-bond acceptors (Lipinski definition) is 3. The summed E-state index contributed by atoms with van der Waals surface area (Å²) < 4.78 is 19.7. The Bertz CT molecular complexity index is 627. The summed E-state index contributed by atoms with van der Waals surface area (Å²) in [7, 11) is 0. The van der Waals surface area contributed by atoms with Crippen molar-refractivity contribution >= 4 is 0 Å². The van der Waals surface area contributed by atoms with Crippen LogP contribution in [0.2, 0.25) is 0 Å². The maximum absolute atomic E-state index is 13.5. The van der Waals surface area contributed by atoms with Crippen LogP contribution in [0.25, 0.3) is 0 Å². The molecular weight excluding hydrogens is 303 g/mol. The van der Waals surface area contributed by atoms with E-state index in [9.17, 15) is 4.39 Å². The predicted octanol–water partition coefficient (Wildman–Crippen LogP) is 3.62. The predicted molar refractivity (Wildman–Crippen MR) is 94.4 cm³/mol. The van der Waals surface area contributed by atoms with Gasteiger partial charge in [-0.15, -0.1) is 0 Å². The topological polar surface area (TPSA) is 38.5 Å². The number of nitrogens with zero attached hydrogens (tertiary/aromatic N) is 1. The normalized spacial score (nSPS) is 17.6. The van der Waals surface area contributed by atoms with Crippen LogP contribution in [-0.2, 0) is 0 Å². The van der Waals surface area contributed by atoms with Crippen LogP contribution in [0, 0.1) is 11.7 Å². The number of likely N-dealkylation sites (tertiary alicyclic amines) is 1. The molecule has 1 aliphatic heterocycles. The van der Waals surface area contributed by atoms with Gasteiger partial charge in [0.1, 0.15) is 17.7 Å². The molecule has 1 fully saturated rings. The molecule has 3 rings (SSSR count). The van der Waals surface area contributed by atoms with Gasteiger partial charge in [0.15, 0.2) is 0 Å². The van der Waals surface area contributed by atoms with Crippen molar-refractivity contribution in [2.24, 2.45) is 11.7 Å². The molecule has 24 heavy (non-hydrogen) atoms. The highest BCUT2D eigenvalue weighted by molar-refractivity contribution is 5.26. The number of piperidine rings is 1. The minimum atomic E-state index is -0.267. The van der Waals surface area contributed by atoms with Crippen LogP contribution in [0.15, 0.2) is 54.6 Å². The number of hydrogen-bond donors (Lipinski definition) is 1. The van der Waals surface area contributed by atoms with Gasteiger partial charge < -0.3 is 15.4 Å². The van der Waals surface area contributed by atoms with Crippen LogP contribution >= 0.6 is 0 Å². The maximum atomic E-state index is 13.5. The fraction of sp³-hybridized carbons (Fsp3) is 0.400. The SMILES string of the molecule is NCCN1CCC(C(Oc2cccc(F)c2)c2ccccc2)CC1. The summed E-state index contributed by atoms with van der Waals surface area (Å²) in [5.41, 5.74) is 6.81. The van der Waals surface area contributed by atoms with E-state index < -0.39 is 0 Å². The summed E-state index contributed by atoms with van der Waals surface area (Å²) in [5.74, 6) is 0.745. The first-order valence-corrected chi connectivity index (χ1v) is 8.66. The number of benzene rings is 2. The van der Waals surface area contributed by atoms with Crippen LogP contribution in [0.3, 0.4) is 0 Å². The third kappa shape index (κ3) is 4.34. The standard InChI is InChI=1S/C20H25FN2O/c21-18-7-4-8-19(15-18)24-20(16-5-2-1-3-6-16)17-9-12-23(13-10-17)14-11-22/h1-8,15,17,20H,9-14,22H2. The van der Waals surface area contributed by atoms with Gasteiger partial charge in [-0.2, -0.15) is 0 Å². The van der Waals surface area contributed by atoms with Crippen molar-refractivity contribution in [3.63, 3.8) is 0 Å². The van der Waals surface area contributed by atoms with E-state index in [1.54, 1.807) is 6.07 Å². The van der Waals surface area contributed by atoms with Gasteiger partial charge in [-0.05, 0) is 43.6 Å². The van der Waals surface area contributed by atoms with Crippen molar-refractivity contribution in [1.82, 2.24) is 4.90 Å². The molecule has 0 amide bonds. The van der Waals surface area contributed by atoms with Crippen molar-refractivity contribution in [3.8, 4) is 5.75 Å². The minimum absolute atomic E-state index is 0.0481. The molecule has 0 radical (unpaired) electrons. The zero-order chi connectivity index (χ0) is 16.8. The Balaban J connectivity index is 1.76. The minimum Gasteiger partial charge on any atom is -0.485 e. The van der Waals surface area contributed by atoms with E-state index in [2.05, 4.69) is 17.0 Å². The van der Waals surface area contributed by atoms with Crippen molar-refractivity contribution in [2.75, 3.05) is 26.2 Å². The first-order chi connectivity index (χ1) is 11.8. The summed E-state index contributed by atoms with van der Waals surface area (Å²) in [4.78, 5) is 2.40. The van der Waals surface area contributed by atoms with Crippen LogP contribution in [0.1, 0.15) is 24.5 Å². The Morgan fingerprint density at radius 2 is 1.83 bits per heavy atom. The second kappa shape index (κ2) is 8.27. The molecule has 3 nitrogen and oxygen atoms in total. The molecule has 1 atom stereocenters. The van der Waals surface area contributed by atoms with E-state index in [-0.39, 0.29) is 11.9 Å². The molecule has 0 spiro atoms. The average Bonchev–Trinajstić information content (AvgIpc) is 2.62. The van der Waals surface area contributed by atoms with E-state index in [1.165, 1.54) is 12.1 Å². The van der Waals surface area contributed by atoms with Crippen molar-refractivity contribution in [1.29, 1.82) is 0 Å². The molecule has 0 saturated carbocycles. The third-order valence-corrected chi connectivity index (χ3v) is 4.69. The monoisotopic (exact) mass is 328 g/mol. The van der Waals surface area contributed by atoms with Gasteiger partial charge in [-0.3, -0.25) is 0 Å². The molecule has 1 unspecified atom stereocenters. The number of ether oxygens (including phenoxy) is 1. The zero-order valence-electron chi connectivity index (χ0n) is 13.9. The molecular formula is C20H25FN2O. The molecule has 2 aromatic rings. The highest BCUT2D eigenvalue weighted by Gasteiger charge is 2.29. The highest BCUT2D eigenvalue weighted by atomic mass is 19.1. The van der Waals surface area contributed by atoms with Gasteiger partial charge in [0, 0.05) is 25.1 Å². The number of halogens is 1. The molecule has 2 aromatic carbocycles. The summed E-state index contributed by atoms with van der Waals surface area (Å²) in [6.07, 6.45) is 2.08. The van der Waals surface area contributed by atoms with E-state index in [4.69, 9.17) is 10.5 Å². The Kier molecular flexibility index (Phi) is 5.83. The summed E-state index contributed by atoms with van der Waals surface area (Å²) in [6, 6.07) is 16.7. The smallest absolute Gasteiger partial charge is 0.127 e. The maximum Gasteiger partial charge on any atom is 0.127 e. The molecule has 0 bridgehead atoms. The van der Waals surface area contributed by atoms with Crippen molar-refractivity contribution in [3.05, 3.63) is 66.0 Å². The summed E-state index contributed by atoms with van der Waals surface area (Å²) in [5, 5.41) is 0. The quantitative estimate of drug-likeness (QED) is 0.880. The zero-order valence-corrected chi connectivity index (χ0v) is 13.9. The van der Waals surface area contributed by atoms with Crippen molar-refractivity contribution in [2.45, 2.75) is 18.9 Å². The van der Waals surface area contributed by atoms with Gasteiger partial charge in [0.2, 0.25) is 0 Å². The second-order valence-electron chi connectivity index (χ2n) is 6.37. The fourth-order valence-corrected chi connectivity index (χ4v) is 3.43. The van der Waals surface area contributed by atoms with Gasteiger partial charge in [0.05, 0.1) is 0 Å². The Hall–Kier alpha value is -1.91. The third-order valence-electron chi connectivity index (χ3n) is 4.69. The van der Waals surface area contributed by atoms with Crippen LogP contribution in [0.5, 0.6) is 5.75 Å². The molecule has 1 saturated heterocycles. The molecule has 0 aliphatic carbocycles. The van der Waals surface area contributed by atoms with E-state index in [0.717, 1.165) is 38.0 Å². The lowest BCUT2D eigenvalue weighted by Crippen LogP contribution is -2.39. The molecule has 0 aromatic heterocycles. The lowest BCUT2D eigenvalue weighted by atomic mass is 9.87. The Morgan fingerprint density at radius 3 is 2.50 bits per heavy atom. The van der Waals surface area contributed by atoms with Crippen LogP contribution in [0.4, 0.5) is 4.39 Å². The second-order valence-corrected chi connectivity index (χ2v) is 6.37.